The fraction of sp³-hybridized carbons (Fsp3) is 0.300. The van der Waals surface area contributed by atoms with Crippen LogP contribution in [-0.4, -0.2) is 23.2 Å². The zero-order chi connectivity index (χ0) is 21.5. The van der Waals surface area contributed by atoms with Gasteiger partial charge in [-0.3, -0.25) is 4.72 Å². The summed E-state index contributed by atoms with van der Waals surface area (Å²) in [6, 6.07) is 5.18. The summed E-state index contributed by atoms with van der Waals surface area (Å²) in [7, 11) is -4.44. The maximum atomic E-state index is 14.6. The molecule has 0 fully saturated rings. The highest BCUT2D eigenvalue weighted by atomic mass is 32.2. The Labute approximate surface area is 171 Å². The molecule has 6 nitrogen and oxygen atoms in total. The minimum absolute atomic E-state index is 0.0838. The Hall–Kier alpha value is -2.88. The second kappa shape index (κ2) is 7.75. The monoisotopic (exact) mass is 436 g/mol. The summed E-state index contributed by atoms with van der Waals surface area (Å²) in [4.78, 5) is -0.621. The molecule has 0 saturated heterocycles. The Morgan fingerprint density at radius 1 is 0.967 bits per heavy atom. The Balaban J connectivity index is 1.76. The molecule has 1 N–H and O–H groups in total. The lowest BCUT2D eigenvalue weighted by atomic mass is 10.1. The van der Waals surface area contributed by atoms with E-state index in [0.717, 1.165) is 37.5 Å². The van der Waals surface area contributed by atoms with Gasteiger partial charge >= 0.3 is 0 Å². The molecule has 10 heteroatoms. The van der Waals surface area contributed by atoms with E-state index >= 15 is 0 Å². The number of sulfonamides is 1. The van der Waals surface area contributed by atoms with E-state index in [2.05, 4.69) is 10.2 Å². The quantitative estimate of drug-likeness (QED) is 0.665. The highest BCUT2D eigenvalue weighted by molar-refractivity contribution is 7.92. The van der Waals surface area contributed by atoms with Gasteiger partial charge in [-0.05, 0) is 43.5 Å². The average Bonchev–Trinajstić information content (AvgIpc) is 2.93. The van der Waals surface area contributed by atoms with Crippen LogP contribution in [0.1, 0.15) is 30.7 Å². The van der Waals surface area contributed by atoms with Crippen LogP contribution < -0.4 is 4.72 Å². The van der Waals surface area contributed by atoms with Gasteiger partial charge in [0, 0.05) is 19.0 Å². The van der Waals surface area contributed by atoms with Crippen LogP contribution in [-0.2, 0) is 23.0 Å². The number of anilines is 1. The van der Waals surface area contributed by atoms with Crippen molar-refractivity contribution in [3.05, 3.63) is 59.2 Å². The topological polar surface area (TPSA) is 76.9 Å². The van der Waals surface area contributed by atoms with Crippen molar-refractivity contribution in [1.29, 1.82) is 0 Å². The van der Waals surface area contributed by atoms with Gasteiger partial charge in [0.05, 0.1) is 11.3 Å². The van der Waals surface area contributed by atoms with Crippen molar-refractivity contribution in [3.63, 3.8) is 0 Å². The number of benzene rings is 2. The van der Waals surface area contributed by atoms with Gasteiger partial charge in [0.25, 0.3) is 10.0 Å². The van der Waals surface area contributed by atoms with Crippen LogP contribution >= 0.6 is 0 Å². The Bertz CT molecular complexity index is 1230. The minimum Gasteiger partial charge on any atom is -0.311 e. The number of halogens is 3. The number of hydrogen-bond donors (Lipinski definition) is 1. The number of nitrogens with zero attached hydrogens (tertiary/aromatic N) is 3. The van der Waals surface area contributed by atoms with Crippen LogP contribution in [0, 0.1) is 24.4 Å². The van der Waals surface area contributed by atoms with Crippen molar-refractivity contribution < 1.29 is 21.6 Å². The van der Waals surface area contributed by atoms with E-state index in [-0.39, 0.29) is 11.4 Å². The number of aromatic nitrogens is 3. The lowest BCUT2D eigenvalue weighted by Crippen LogP contribution is -2.16. The van der Waals surface area contributed by atoms with E-state index < -0.39 is 38.1 Å². The highest BCUT2D eigenvalue weighted by Crippen LogP contribution is 2.31. The van der Waals surface area contributed by atoms with E-state index in [1.165, 1.54) is 6.07 Å². The van der Waals surface area contributed by atoms with E-state index in [1.54, 1.807) is 11.5 Å². The van der Waals surface area contributed by atoms with Gasteiger partial charge in [0.2, 0.25) is 0 Å². The largest absolute Gasteiger partial charge is 0.311 e. The zero-order valence-electron chi connectivity index (χ0n) is 16.1. The standard InChI is InChI=1S/C20H19F3N4O2S/c1-12-6-7-14(21)18(9-12)30(28,29)26-17-10-13(15(22)11-16(17)23)20-25-24-19-5-3-2-4-8-27(19)20/h6-7,9-11,26H,2-5,8H2,1H3. The second-order valence-corrected chi connectivity index (χ2v) is 8.90. The van der Waals surface area contributed by atoms with Crippen molar-refractivity contribution in [3.8, 4) is 11.4 Å². The van der Waals surface area contributed by atoms with Gasteiger partial charge < -0.3 is 4.57 Å². The number of nitrogens with one attached hydrogen (secondary N) is 1. The summed E-state index contributed by atoms with van der Waals surface area (Å²) in [6.07, 6.45) is 3.51. The molecule has 0 aliphatic carbocycles. The van der Waals surface area contributed by atoms with Crippen molar-refractivity contribution in [2.24, 2.45) is 0 Å². The molecule has 0 radical (unpaired) electrons. The highest BCUT2D eigenvalue weighted by Gasteiger charge is 2.24. The fourth-order valence-electron chi connectivity index (χ4n) is 3.50. The Morgan fingerprint density at radius 3 is 2.57 bits per heavy atom. The molecule has 0 bridgehead atoms. The van der Waals surface area contributed by atoms with Crippen molar-refractivity contribution in [2.45, 2.75) is 44.0 Å². The predicted octanol–water partition coefficient (Wildman–Crippen LogP) is 4.20. The van der Waals surface area contributed by atoms with Crippen LogP contribution in [0.4, 0.5) is 18.9 Å². The molecule has 1 aliphatic rings. The van der Waals surface area contributed by atoms with Crippen LogP contribution in [0.3, 0.4) is 0 Å². The third-order valence-electron chi connectivity index (χ3n) is 5.03. The zero-order valence-corrected chi connectivity index (χ0v) is 16.9. The minimum atomic E-state index is -4.44. The summed E-state index contributed by atoms with van der Waals surface area (Å²) in [5.41, 5.74) is -0.0686. The molecular formula is C20H19F3N4O2S. The molecule has 0 amide bonds. The molecule has 0 atom stereocenters. The number of rotatable bonds is 4. The first-order valence-electron chi connectivity index (χ1n) is 9.47. The van der Waals surface area contributed by atoms with E-state index in [4.69, 9.17) is 0 Å². The number of aryl methyl sites for hydroxylation is 2. The normalized spacial score (nSPS) is 14.3. The molecule has 4 rings (SSSR count). The van der Waals surface area contributed by atoms with Crippen molar-refractivity contribution >= 4 is 15.7 Å². The average molecular weight is 436 g/mol. The maximum Gasteiger partial charge on any atom is 0.264 e. The molecule has 0 spiro atoms. The molecule has 1 aliphatic heterocycles. The Morgan fingerprint density at radius 2 is 1.77 bits per heavy atom. The molecule has 2 aromatic carbocycles. The van der Waals surface area contributed by atoms with Crippen LogP contribution in [0.2, 0.25) is 0 Å². The van der Waals surface area contributed by atoms with Crippen LogP contribution in [0.25, 0.3) is 11.4 Å². The molecule has 30 heavy (non-hydrogen) atoms. The molecule has 0 unspecified atom stereocenters. The molecule has 2 heterocycles. The van der Waals surface area contributed by atoms with E-state index in [1.807, 2.05) is 4.72 Å². The van der Waals surface area contributed by atoms with Gasteiger partial charge in [0.15, 0.2) is 5.82 Å². The molecule has 1 aromatic heterocycles. The summed E-state index contributed by atoms with van der Waals surface area (Å²) in [5, 5.41) is 8.13. The summed E-state index contributed by atoms with van der Waals surface area (Å²) in [5.74, 6) is -2.08. The molecule has 158 valence electrons. The first-order chi connectivity index (χ1) is 14.3. The van der Waals surface area contributed by atoms with Crippen molar-refractivity contribution in [2.75, 3.05) is 4.72 Å². The SMILES string of the molecule is Cc1ccc(F)c(S(=O)(=O)Nc2cc(-c3nnc4n3CCCCC4)c(F)cc2F)c1. The first kappa shape index (κ1) is 20.4. The smallest absolute Gasteiger partial charge is 0.264 e. The summed E-state index contributed by atoms with van der Waals surface area (Å²) >= 11 is 0. The van der Waals surface area contributed by atoms with Crippen LogP contribution in [0.5, 0.6) is 0 Å². The summed E-state index contributed by atoms with van der Waals surface area (Å²) in [6.45, 7) is 2.19. The third kappa shape index (κ3) is 3.79. The fourth-order valence-corrected chi connectivity index (χ4v) is 4.72. The van der Waals surface area contributed by atoms with Gasteiger partial charge in [-0.15, -0.1) is 10.2 Å². The molecule has 3 aromatic rings. The van der Waals surface area contributed by atoms with Gasteiger partial charge in [0.1, 0.15) is 28.2 Å². The second-order valence-electron chi connectivity index (χ2n) is 7.25. The number of fused-ring (bicyclic) bond motifs is 1. The summed E-state index contributed by atoms with van der Waals surface area (Å²) < 4.78 is 72.1. The van der Waals surface area contributed by atoms with Gasteiger partial charge in [-0.25, -0.2) is 21.6 Å². The first-order valence-corrected chi connectivity index (χ1v) is 10.9. The lowest BCUT2D eigenvalue weighted by Gasteiger charge is -2.13. The lowest BCUT2D eigenvalue weighted by molar-refractivity contribution is 0.567. The Kier molecular flexibility index (Phi) is 5.27. The molecular weight excluding hydrogens is 417 g/mol. The third-order valence-corrected chi connectivity index (χ3v) is 6.41. The van der Waals surface area contributed by atoms with Gasteiger partial charge in [-0.1, -0.05) is 12.5 Å². The number of hydrogen-bond acceptors (Lipinski definition) is 4. The van der Waals surface area contributed by atoms with E-state index in [9.17, 15) is 21.6 Å². The van der Waals surface area contributed by atoms with Crippen LogP contribution in [0.15, 0.2) is 35.2 Å². The predicted molar refractivity (Wildman–Crippen MR) is 105 cm³/mol. The maximum absolute atomic E-state index is 14.6. The van der Waals surface area contributed by atoms with E-state index in [0.29, 0.717) is 30.4 Å². The van der Waals surface area contributed by atoms with Gasteiger partial charge in [-0.2, -0.15) is 0 Å². The molecule has 0 saturated carbocycles. The van der Waals surface area contributed by atoms with Crippen molar-refractivity contribution in [1.82, 2.24) is 14.8 Å².